The molecule has 35 heavy (non-hydrogen) atoms. The van der Waals surface area contributed by atoms with Crippen LogP contribution < -0.4 is 5.32 Å². The van der Waals surface area contributed by atoms with Crippen LogP contribution >= 0.6 is 0 Å². The van der Waals surface area contributed by atoms with Crippen molar-refractivity contribution >= 4 is 41.7 Å². The summed E-state index contributed by atoms with van der Waals surface area (Å²) >= 11 is 0. The average Bonchev–Trinajstić information content (AvgIpc) is 3.04. The summed E-state index contributed by atoms with van der Waals surface area (Å²) in [6, 6.07) is -1.36. The molecule has 0 aromatic rings. The molecule has 1 heterocycles. The molecule has 0 bridgehead atoms. The zero-order valence-corrected chi connectivity index (χ0v) is 20.2. The van der Waals surface area contributed by atoms with E-state index in [1.807, 2.05) is 0 Å². The smallest absolute Gasteiger partial charge is 0.347 e. The van der Waals surface area contributed by atoms with E-state index >= 15 is 0 Å². The highest BCUT2D eigenvalue weighted by molar-refractivity contribution is 5.81. The van der Waals surface area contributed by atoms with Gasteiger partial charge in [0.15, 0.2) is 18.3 Å². The number of hydrogen-bond acceptors (Lipinski definition) is 13. The van der Waals surface area contributed by atoms with E-state index in [1.54, 1.807) is 0 Å². The fourth-order valence-electron chi connectivity index (χ4n) is 3.41. The minimum absolute atomic E-state index is 0.240. The van der Waals surface area contributed by atoms with Crippen LogP contribution in [0.2, 0.25) is 0 Å². The second-order valence-corrected chi connectivity index (χ2v) is 7.63. The summed E-state index contributed by atoms with van der Waals surface area (Å²) in [7, 11) is 0. The highest BCUT2D eigenvalue weighted by Crippen LogP contribution is 2.27. The van der Waals surface area contributed by atoms with Crippen molar-refractivity contribution in [2.75, 3.05) is 6.61 Å². The van der Waals surface area contributed by atoms with Crippen LogP contribution in [-0.4, -0.2) is 84.9 Å². The molecular weight excluding hydrogens is 474 g/mol. The maximum atomic E-state index is 12.2. The average molecular weight is 503 g/mol. The Morgan fingerprint density at radius 3 is 1.83 bits per heavy atom. The van der Waals surface area contributed by atoms with E-state index < -0.39 is 84.9 Å². The Bertz CT molecular complexity index is 854. The summed E-state index contributed by atoms with van der Waals surface area (Å²) in [6.45, 7) is 5.79. The summed E-state index contributed by atoms with van der Waals surface area (Å²) in [5.41, 5.74) is 0. The molecule has 0 aromatic heterocycles. The molecule has 0 saturated carbocycles. The molecule has 1 amide bonds. The second-order valence-electron chi connectivity index (χ2n) is 7.63. The van der Waals surface area contributed by atoms with Gasteiger partial charge in [-0.05, 0) is 0 Å². The standard InChI is InChI=1S/C21H29NO13/c1-9(23)22-18(15-7-16(21(29)35-15)31-11(3)25)20(34-14(6)28)19(33-13(5)27)17(32-12(4)26)8-30-10(2)24/h15-20H,7-8H2,1-6H3,(H,22,23)/t15-,16-,17+,18+,19-,20+/m0/s1. The number of carbonyl (C=O) groups excluding carboxylic acids is 7. The Morgan fingerprint density at radius 2 is 1.37 bits per heavy atom. The van der Waals surface area contributed by atoms with Gasteiger partial charge in [-0.15, -0.1) is 0 Å². The summed E-state index contributed by atoms with van der Waals surface area (Å²) in [5, 5.41) is 2.48. The molecule has 6 atom stereocenters. The van der Waals surface area contributed by atoms with Crippen LogP contribution in [0.3, 0.4) is 0 Å². The van der Waals surface area contributed by atoms with E-state index in [4.69, 9.17) is 28.4 Å². The van der Waals surface area contributed by atoms with E-state index in [0.29, 0.717) is 0 Å². The van der Waals surface area contributed by atoms with Gasteiger partial charge in [0, 0.05) is 48.0 Å². The maximum Gasteiger partial charge on any atom is 0.347 e. The maximum absolute atomic E-state index is 12.2. The van der Waals surface area contributed by atoms with Crippen molar-refractivity contribution in [2.24, 2.45) is 0 Å². The molecule has 0 unspecified atom stereocenters. The van der Waals surface area contributed by atoms with Gasteiger partial charge in [-0.2, -0.15) is 0 Å². The van der Waals surface area contributed by atoms with Gasteiger partial charge in [0.05, 0.1) is 0 Å². The highest BCUT2D eigenvalue weighted by atomic mass is 16.6. The van der Waals surface area contributed by atoms with Crippen LogP contribution in [0.25, 0.3) is 0 Å². The summed E-state index contributed by atoms with van der Waals surface area (Å²) < 4.78 is 30.9. The van der Waals surface area contributed by atoms with E-state index in [1.165, 1.54) is 0 Å². The first-order valence-corrected chi connectivity index (χ1v) is 10.5. The normalized spacial score (nSPS) is 20.2. The summed E-state index contributed by atoms with van der Waals surface area (Å²) in [5.74, 6) is -5.70. The molecule has 1 rings (SSSR count). The molecule has 14 heteroatoms. The lowest BCUT2D eigenvalue weighted by Gasteiger charge is -2.37. The lowest BCUT2D eigenvalue weighted by Crippen LogP contribution is -2.60. The fraction of sp³-hybridized carbons (Fsp3) is 0.667. The van der Waals surface area contributed by atoms with Gasteiger partial charge in [0.1, 0.15) is 18.8 Å². The number of cyclic esters (lactones) is 1. The molecule has 1 fully saturated rings. The number of amides is 1. The Kier molecular flexibility index (Phi) is 11.1. The van der Waals surface area contributed by atoms with E-state index in [9.17, 15) is 33.6 Å². The molecule has 1 aliphatic rings. The molecule has 1 saturated heterocycles. The minimum atomic E-state index is -1.62. The Hall–Kier alpha value is -3.71. The molecule has 196 valence electrons. The Balaban J connectivity index is 3.51. The third-order valence-corrected chi connectivity index (χ3v) is 4.47. The Morgan fingerprint density at radius 1 is 0.829 bits per heavy atom. The Labute approximate surface area is 200 Å². The van der Waals surface area contributed by atoms with Crippen molar-refractivity contribution in [3.8, 4) is 0 Å². The topological polar surface area (TPSA) is 187 Å². The first-order chi connectivity index (χ1) is 16.2. The molecule has 1 aliphatic heterocycles. The minimum Gasteiger partial charge on any atom is -0.462 e. The number of esters is 6. The summed E-state index contributed by atoms with van der Waals surface area (Å²) in [6.07, 6.45) is -7.47. The molecule has 0 radical (unpaired) electrons. The monoisotopic (exact) mass is 503 g/mol. The van der Waals surface area contributed by atoms with Gasteiger partial charge in [0.2, 0.25) is 12.0 Å². The quantitative estimate of drug-likeness (QED) is 0.270. The van der Waals surface area contributed by atoms with Crippen LogP contribution in [0.4, 0.5) is 0 Å². The highest BCUT2D eigenvalue weighted by Gasteiger charge is 2.50. The van der Waals surface area contributed by atoms with Crippen LogP contribution in [0.5, 0.6) is 0 Å². The van der Waals surface area contributed by atoms with Gasteiger partial charge in [0.25, 0.3) is 0 Å². The van der Waals surface area contributed by atoms with E-state index in [2.05, 4.69) is 5.32 Å². The number of carbonyl (C=O) groups is 7. The number of hydrogen-bond donors (Lipinski definition) is 1. The predicted molar refractivity (Wildman–Crippen MR) is 111 cm³/mol. The van der Waals surface area contributed by atoms with Crippen LogP contribution in [-0.2, 0) is 62.0 Å². The zero-order valence-electron chi connectivity index (χ0n) is 20.2. The molecule has 1 N–H and O–H groups in total. The van der Waals surface area contributed by atoms with E-state index in [-0.39, 0.29) is 6.42 Å². The van der Waals surface area contributed by atoms with Gasteiger partial charge in [-0.3, -0.25) is 28.8 Å². The molecule has 0 spiro atoms. The van der Waals surface area contributed by atoms with Gasteiger partial charge >= 0.3 is 35.8 Å². The van der Waals surface area contributed by atoms with Crippen LogP contribution in [0.1, 0.15) is 48.0 Å². The number of ether oxygens (including phenoxy) is 6. The first-order valence-electron chi connectivity index (χ1n) is 10.5. The van der Waals surface area contributed by atoms with Crippen molar-refractivity contribution in [2.45, 2.75) is 84.5 Å². The van der Waals surface area contributed by atoms with Crippen molar-refractivity contribution in [1.82, 2.24) is 5.32 Å². The van der Waals surface area contributed by atoms with Crippen LogP contribution in [0.15, 0.2) is 0 Å². The SMILES string of the molecule is CC(=O)N[C@@H]([C@@H](OC(C)=O)[C@@H](OC(C)=O)[C@@H](COC(C)=O)OC(C)=O)[C@@H]1C[C@H](OC(C)=O)C(=O)O1. The lowest BCUT2D eigenvalue weighted by molar-refractivity contribution is -0.194. The number of nitrogens with one attached hydrogen (secondary N) is 1. The van der Waals surface area contributed by atoms with Crippen molar-refractivity contribution in [1.29, 1.82) is 0 Å². The first kappa shape index (κ1) is 29.3. The third kappa shape index (κ3) is 9.98. The van der Waals surface area contributed by atoms with E-state index in [0.717, 1.165) is 41.5 Å². The predicted octanol–water partition coefficient (Wildman–Crippen LogP) is -0.903. The molecule has 14 nitrogen and oxygen atoms in total. The molecular formula is C21H29NO13. The van der Waals surface area contributed by atoms with Crippen molar-refractivity contribution in [3.63, 3.8) is 0 Å². The fourth-order valence-corrected chi connectivity index (χ4v) is 3.41. The lowest BCUT2D eigenvalue weighted by atomic mass is 9.94. The number of rotatable bonds is 11. The van der Waals surface area contributed by atoms with Crippen molar-refractivity contribution < 1.29 is 62.0 Å². The largest absolute Gasteiger partial charge is 0.462 e. The van der Waals surface area contributed by atoms with Gasteiger partial charge in [-0.1, -0.05) is 0 Å². The third-order valence-electron chi connectivity index (χ3n) is 4.47. The van der Waals surface area contributed by atoms with Gasteiger partial charge < -0.3 is 33.7 Å². The van der Waals surface area contributed by atoms with Crippen LogP contribution in [0, 0.1) is 0 Å². The molecule has 0 aliphatic carbocycles. The van der Waals surface area contributed by atoms with Gasteiger partial charge in [-0.25, -0.2) is 4.79 Å². The molecule has 0 aromatic carbocycles. The van der Waals surface area contributed by atoms with Crippen molar-refractivity contribution in [3.05, 3.63) is 0 Å². The zero-order chi connectivity index (χ0) is 26.9. The second kappa shape index (κ2) is 13.2. The summed E-state index contributed by atoms with van der Waals surface area (Å²) in [4.78, 5) is 82.6.